The molecule has 1 saturated carbocycles. The van der Waals surface area contributed by atoms with Gasteiger partial charge in [0.25, 0.3) is 0 Å². The number of nitrogens with one attached hydrogen (secondary N) is 1. The molecule has 1 aromatic carbocycles. The molecule has 114 valence electrons. The molecule has 0 bridgehead atoms. The molecule has 22 heavy (non-hydrogen) atoms. The van der Waals surface area contributed by atoms with Gasteiger partial charge in [-0.05, 0) is 79.9 Å². The van der Waals surface area contributed by atoms with Crippen LogP contribution in [-0.4, -0.2) is 21.0 Å². The van der Waals surface area contributed by atoms with E-state index in [1.807, 2.05) is 12.4 Å². The number of rotatable bonds is 4. The first-order valence-electron chi connectivity index (χ1n) is 7.66. The monoisotopic (exact) mass is 311 g/mol. The Morgan fingerprint density at radius 1 is 1.18 bits per heavy atom. The zero-order valence-corrected chi connectivity index (χ0v) is 13.9. The molecule has 0 spiro atoms. The standard InChI is InChI=1S/C18H21N3S/c1-13-9-14(2)11-16(10-13)20-18(22)21(17-3-4-17)12-15-5-7-19-8-6-15/h5-11,17H,3-4,12H2,1-2H3,(H,20,22). The number of aryl methyl sites for hydroxylation is 2. The van der Waals surface area contributed by atoms with Gasteiger partial charge in [-0.1, -0.05) is 6.07 Å². The number of nitrogens with zero attached hydrogens (tertiary/aromatic N) is 2. The second kappa shape index (κ2) is 6.44. The molecule has 0 aliphatic heterocycles. The summed E-state index contributed by atoms with van der Waals surface area (Å²) in [7, 11) is 0. The van der Waals surface area contributed by atoms with Crippen molar-refractivity contribution in [3.63, 3.8) is 0 Å². The fourth-order valence-corrected chi connectivity index (χ4v) is 3.01. The maximum Gasteiger partial charge on any atom is 0.173 e. The second-order valence-corrected chi connectivity index (χ2v) is 6.41. The van der Waals surface area contributed by atoms with E-state index >= 15 is 0 Å². The zero-order valence-electron chi connectivity index (χ0n) is 13.0. The van der Waals surface area contributed by atoms with Crippen LogP contribution in [0.3, 0.4) is 0 Å². The van der Waals surface area contributed by atoms with Crippen molar-refractivity contribution in [2.75, 3.05) is 5.32 Å². The highest BCUT2D eigenvalue weighted by Gasteiger charge is 2.30. The Bertz CT molecular complexity index is 645. The average Bonchev–Trinajstić information content (AvgIpc) is 3.29. The average molecular weight is 311 g/mol. The summed E-state index contributed by atoms with van der Waals surface area (Å²) in [4.78, 5) is 6.37. The molecular formula is C18H21N3S. The van der Waals surface area contributed by atoms with E-state index in [1.165, 1.54) is 29.5 Å². The summed E-state index contributed by atoms with van der Waals surface area (Å²) in [6.45, 7) is 5.05. The fraction of sp³-hybridized carbons (Fsp3) is 0.333. The third kappa shape index (κ3) is 3.83. The summed E-state index contributed by atoms with van der Waals surface area (Å²) in [6, 6.07) is 11.1. The van der Waals surface area contributed by atoms with Gasteiger partial charge in [-0.3, -0.25) is 4.98 Å². The van der Waals surface area contributed by atoms with Gasteiger partial charge in [-0.25, -0.2) is 0 Å². The van der Waals surface area contributed by atoms with E-state index in [2.05, 4.69) is 59.4 Å². The molecule has 1 aliphatic rings. The van der Waals surface area contributed by atoms with Crippen molar-refractivity contribution in [3.8, 4) is 0 Å². The first kappa shape index (κ1) is 15.0. The molecule has 4 heteroatoms. The number of aromatic nitrogens is 1. The minimum absolute atomic E-state index is 0.569. The summed E-state index contributed by atoms with van der Waals surface area (Å²) in [5.41, 5.74) is 4.81. The molecule has 0 saturated heterocycles. The Morgan fingerprint density at radius 3 is 2.41 bits per heavy atom. The molecule has 1 aromatic heterocycles. The van der Waals surface area contributed by atoms with Crippen LogP contribution in [0.25, 0.3) is 0 Å². The van der Waals surface area contributed by atoms with Crippen molar-refractivity contribution in [3.05, 3.63) is 59.4 Å². The highest BCUT2D eigenvalue weighted by molar-refractivity contribution is 7.80. The zero-order chi connectivity index (χ0) is 15.5. The molecule has 0 unspecified atom stereocenters. The third-order valence-electron chi connectivity index (χ3n) is 3.82. The maximum atomic E-state index is 5.66. The van der Waals surface area contributed by atoms with Crippen LogP contribution in [0.5, 0.6) is 0 Å². The number of hydrogen-bond donors (Lipinski definition) is 1. The van der Waals surface area contributed by atoms with Gasteiger partial charge < -0.3 is 10.2 Å². The molecule has 1 aliphatic carbocycles. The highest BCUT2D eigenvalue weighted by atomic mass is 32.1. The largest absolute Gasteiger partial charge is 0.342 e. The normalized spacial score (nSPS) is 13.7. The van der Waals surface area contributed by atoms with Gasteiger partial charge in [0.2, 0.25) is 0 Å². The SMILES string of the molecule is Cc1cc(C)cc(NC(=S)N(Cc2ccncc2)C2CC2)c1. The molecular weight excluding hydrogens is 290 g/mol. The lowest BCUT2D eigenvalue weighted by Crippen LogP contribution is -2.36. The van der Waals surface area contributed by atoms with E-state index in [0.717, 1.165) is 17.3 Å². The van der Waals surface area contributed by atoms with Crippen LogP contribution in [0.1, 0.15) is 29.5 Å². The van der Waals surface area contributed by atoms with E-state index in [4.69, 9.17) is 12.2 Å². The lowest BCUT2D eigenvalue weighted by atomic mass is 10.1. The van der Waals surface area contributed by atoms with Crippen molar-refractivity contribution >= 4 is 23.0 Å². The molecule has 2 aromatic rings. The van der Waals surface area contributed by atoms with Gasteiger partial charge in [0.15, 0.2) is 5.11 Å². The van der Waals surface area contributed by atoms with Crippen molar-refractivity contribution in [1.82, 2.24) is 9.88 Å². The van der Waals surface area contributed by atoms with Gasteiger partial charge >= 0.3 is 0 Å². The summed E-state index contributed by atoms with van der Waals surface area (Å²) < 4.78 is 0. The predicted octanol–water partition coefficient (Wildman–Crippen LogP) is 4.06. The van der Waals surface area contributed by atoms with Crippen LogP contribution in [0.2, 0.25) is 0 Å². The van der Waals surface area contributed by atoms with E-state index in [1.54, 1.807) is 0 Å². The van der Waals surface area contributed by atoms with Crippen molar-refractivity contribution in [2.45, 2.75) is 39.3 Å². The number of hydrogen-bond acceptors (Lipinski definition) is 2. The van der Waals surface area contributed by atoms with Crippen LogP contribution in [-0.2, 0) is 6.54 Å². The molecule has 1 N–H and O–H groups in total. The Labute approximate surface area is 137 Å². The molecule has 0 radical (unpaired) electrons. The van der Waals surface area contributed by atoms with Crippen LogP contribution in [0, 0.1) is 13.8 Å². The van der Waals surface area contributed by atoms with Gasteiger partial charge in [-0.2, -0.15) is 0 Å². The summed E-state index contributed by atoms with van der Waals surface area (Å²) >= 11 is 5.66. The van der Waals surface area contributed by atoms with E-state index in [-0.39, 0.29) is 0 Å². The predicted molar refractivity (Wildman–Crippen MR) is 94.9 cm³/mol. The highest BCUT2D eigenvalue weighted by Crippen LogP contribution is 2.29. The molecule has 3 rings (SSSR count). The van der Waals surface area contributed by atoms with E-state index in [0.29, 0.717) is 6.04 Å². The van der Waals surface area contributed by atoms with Gasteiger partial charge in [0.1, 0.15) is 0 Å². The minimum atomic E-state index is 0.569. The molecule has 0 atom stereocenters. The van der Waals surface area contributed by atoms with Gasteiger partial charge in [0.05, 0.1) is 0 Å². The fourth-order valence-electron chi connectivity index (χ4n) is 2.68. The maximum absolute atomic E-state index is 5.66. The van der Waals surface area contributed by atoms with Crippen LogP contribution >= 0.6 is 12.2 Å². The molecule has 1 fully saturated rings. The van der Waals surface area contributed by atoms with Crippen LogP contribution in [0.4, 0.5) is 5.69 Å². The molecule has 1 heterocycles. The second-order valence-electron chi connectivity index (χ2n) is 6.02. The number of pyridine rings is 1. The van der Waals surface area contributed by atoms with E-state index in [9.17, 15) is 0 Å². The third-order valence-corrected chi connectivity index (χ3v) is 4.16. The number of anilines is 1. The lowest BCUT2D eigenvalue weighted by molar-refractivity contribution is 0.409. The quantitative estimate of drug-likeness (QED) is 0.862. The van der Waals surface area contributed by atoms with Crippen molar-refractivity contribution in [1.29, 1.82) is 0 Å². The summed E-state index contributed by atoms with van der Waals surface area (Å²) in [5.74, 6) is 0. The van der Waals surface area contributed by atoms with Crippen LogP contribution in [0.15, 0.2) is 42.7 Å². The number of thiocarbonyl (C=S) groups is 1. The lowest BCUT2D eigenvalue weighted by Gasteiger charge is -2.26. The van der Waals surface area contributed by atoms with Gasteiger partial charge in [-0.15, -0.1) is 0 Å². The molecule has 0 amide bonds. The summed E-state index contributed by atoms with van der Waals surface area (Å²) in [6.07, 6.45) is 6.11. The Hall–Kier alpha value is -1.94. The van der Waals surface area contributed by atoms with Crippen molar-refractivity contribution in [2.24, 2.45) is 0 Å². The summed E-state index contributed by atoms with van der Waals surface area (Å²) in [5, 5.41) is 4.22. The Balaban J connectivity index is 1.73. The molecule has 3 nitrogen and oxygen atoms in total. The smallest absolute Gasteiger partial charge is 0.173 e. The van der Waals surface area contributed by atoms with Crippen LogP contribution < -0.4 is 5.32 Å². The van der Waals surface area contributed by atoms with E-state index < -0.39 is 0 Å². The number of benzene rings is 1. The van der Waals surface area contributed by atoms with Gasteiger partial charge in [0, 0.05) is 30.7 Å². The van der Waals surface area contributed by atoms with Crippen molar-refractivity contribution < 1.29 is 0 Å². The Kier molecular flexibility index (Phi) is 4.39. The topological polar surface area (TPSA) is 28.2 Å². The first-order valence-corrected chi connectivity index (χ1v) is 8.07. The first-order chi connectivity index (χ1) is 10.6. The Morgan fingerprint density at radius 2 is 1.82 bits per heavy atom. The minimum Gasteiger partial charge on any atom is -0.342 e.